The van der Waals surface area contributed by atoms with Crippen molar-refractivity contribution < 1.29 is 9.59 Å². The van der Waals surface area contributed by atoms with Crippen LogP contribution < -0.4 is 10.6 Å². The quantitative estimate of drug-likeness (QED) is 0.779. The lowest BCUT2D eigenvalue weighted by Crippen LogP contribution is -2.34. The van der Waals surface area contributed by atoms with Crippen LogP contribution in [-0.2, 0) is 0 Å². The second-order valence-corrected chi connectivity index (χ2v) is 4.32. The average Bonchev–Trinajstić information content (AvgIpc) is 2.29. The van der Waals surface area contributed by atoms with Crippen LogP contribution in [0.3, 0.4) is 0 Å². The first-order valence-corrected chi connectivity index (χ1v) is 5.79. The number of likely N-dealkylation sites (N-methyl/N-ethyl adjacent to an activating group) is 1. The van der Waals surface area contributed by atoms with Crippen molar-refractivity contribution in [2.45, 2.75) is 6.92 Å². The number of rotatable bonds is 5. The summed E-state index contributed by atoms with van der Waals surface area (Å²) in [6, 6.07) is 6.56. The SMILES string of the molecule is CC(=O)c1ccc(NC(=O)NCCN(C)C)cc1. The van der Waals surface area contributed by atoms with E-state index in [0.29, 0.717) is 17.8 Å². The van der Waals surface area contributed by atoms with E-state index in [2.05, 4.69) is 10.6 Å². The molecule has 0 aliphatic heterocycles. The minimum atomic E-state index is -0.243. The van der Waals surface area contributed by atoms with Crippen LogP contribution in [-0.4, -0.2) is 43.9 Å². The van der Waals surface area contributed by atoms with Crippen molar-refractivity contribution in [3.8, 4) is 0 Å². The largest absolute Gasteiger partial charge is 0.337 e. The Bertz CT molecular complexity index is 413. The number of carbonyl (C=O) groups is 2. The van der Waals surface area contributed by atoms with E-state index in [1.165, 1.54) is 6.92 Å². The van der Waals surface area contributed by atoms with Crippen LogP contribution >= 0.6 is 0 Å². The number of carbonyl (C=O) groups excluding carboxylic acids is 2. The highest BCUT2D eigenvalue weighted by molar-refractivity contribution is 5.95. The number of hydrogen-bond acceptors (Lipinski definition) is 3. The molecule has 0 spiro atoms. The maximum absolute atomic E-state index is 11.5. The summed E-state index contributed by atoms with van der Waals surface area (Å²) >= 11 is 0. The Morgan fingerprint density at radius 3 is 2.28 bits per heavy atom. The first-order chi connectivity index (χ1) is 8.49. The standard InChI is InChI=1S/C13H19N3O2/c1-10(17)11-4-6-12(7-5-11)15-13(18)14-8-9-16(2)3/h4-7H,8-9H2,1-3H3,(H2,14,15,18). The number of nitrogens with zero attached hydrogens (tertiary/aromatic N) is 1. The molecule has 2 N–H and O–H groups in total. The summed E-state index contributed by atoms with van der Waals surface area (Å²) in [5.41, 5.74) is 1.30. The first kappa shape index (κ1) is 14.2. The summed E-state index contributed by atoms with van der Waals surface area (Å²) in [7, 11) is 3.89. The van der Waals surface area contributed by atoms with Gasteiger partial charge in [-0.15, -0.1) is 0 Å². The lowest BCUT2D eigenvalue weighted by atomic mass is 10.1. The molecule has 0 saturated carbocycles. The molecule has 18 heavy (non-hydrogen) atoms. The molecule has 1 rings (SSSR count). The monoisotopic (exact) mass is 249 g/mol. The van der Waals surface area contributed by atoms with E-state index < -0.39 is 0 Å². The van der Waals surface area contributed by atoms with Crippen LogP contribution in [0.2, 0.25) is 0 Å². The third-order valence-corrected chi connectivity index (χ3v) is 2.39. The number of hydrogen-bond donors (Lipinski definition) is 2. The lowest BCUT2D eigenvalue weighted by molar-refractivity contribution is 0.101. The number of anilines is 1. The maximum Gasteiger partial charge on any atom is 0.319 e. The summed E-state index contributed by atoms with van der Waals surface area (Å²) in [5.74, 6) is 0.0111. The first-order valence-electron chi connectivity index (χ1n) is 5.79. The molecule has 0 heterocycles. The molecule has 0 unspecified atom stereocenters. The molecular formula is C13H19N3O2. The van der Waals surface area contributed by atoms with Gasteiger partial charge in [-0.25, -0.2) is 4.79 Å². The number of nitrogens with one attached hydrogen (secondary N) is 2. The van der Waals surface area contributed by atoms with E-state index >= 15 is 0 Å². The molecule has 0 fully saturated rings. The van der Waals surface area contributed by atoms with Gasteiger partial charge in [0.25, 0.3) is 0 Å². The molecule has 1 aromatic rings. The summed E-state index contributed by atoms with van der Waals surface area (Å²) in [6.07, 6.45) is 0. The molecule has 0 aliphatic rings. The number of benzene rings is 1. The van der Waals surface area contributed by atoms with Gasteiger partial charge in [0.15, 0.2) is 5.78 Å². The zero-order valence-electron chi connectivity index (χ0n) is 11.0. The van der Waals surface area contributed by atoms with Gasteiger partial charge < -0.3 is 15.5 Å². The average molecular weight is 249 g/mol. The fourth-order valence-electron chi connectivity index (χ4n) is 1.36. The molecule has 5 heteroatoms. The molecule has 5 nitrogen and oxygen atoms in total. The van der Waals surface area contributed by atoms with E-state index in [0.717, 1.165) is 6.54 Å². The normalized spacial score (nSPS) is 10.2. The number of urea groups is 1. The molecule has 0 aromatic heterocycles. The smallest absolute Gasteiger partial charge is 0.319 e. The minimum Gasteiger partial charge on any atom is -0.337 e. The Labute approximate surface area is 107 Å². The summed E-state index contributed by atoms with van der Waals surface area (Å²) in [5, 5.41) is 5.44. The zero-order valence-corrected chi connectivity index (χ0v) is 11.0. The Balaban J connectivity index is 2.42. The molecule has 0 saturated heterocycles. The molecule has 0 atom stereocenters. The zero-order chi connectivity index (χ0) is 13.5. The number of amides is 2. The Morgan fingerprint density at radius 1 is 1.17 bits per heavy atom. The summed E-state index contributed by atoms with van der Waals surface area (Å²) in [6.45, 7) is 2.89. The second-order valence-electron chi connectivity index (χ2n) is 4.32. The van der Waals surface area contributed by atoms with E-state index in [-0.39, 0.29) is 11.8 Å². The predicted molar refractivity (Wildman–Crippen MR) is 72.0 cm³/mol. The van der Waals surface area contributed by atoms with Crippen molar-refractivity contribution in [3.05, 3.63) is 29.8 Å². The molecule has 2 amide bonds. The summed E-state index contributed by atoms with van der Waals surface area (Å²) < 4.78 is 0. The molecule has 0 aliphatic carbocycles. The van der Waals surface area contributed by atoms with Gasteiger partial charge in [-0.05, 0) is 45.3 Å². The van der Waals surface area contributed by atoms with Crippen LogP contribution in [0.1, 0.15) is 17.3 Å². The predicted octanol–water partition coefficient (Wildman–Crippen LogP) is 1.57. The van der Waals surface area contributed by atoms with Gasteiger partial charge in [-0.2, -0.15) is 0 Å². The van der Waals surface area contributed by atoms with Crippen molar-refractivity contribution in [2.75, 3.05) is 32.5 Å². The van der Waals surface area contributed by atoms with Gasteiger partial charge in [0.05, 0.1) is 0 Å². The van der Waals surface area contributed by atoms with Crippen molar-refractivity contribution in [1.29, 1.82) is 0 Å². The molecule has 98 valence electrons. The Kier molecular flexibility index (Phi) is 5.32. The highest BCUT2D eigenvalue weighted by Gasteiger charge is 2.02. The van der Waals surface area contributed by atoms with Gasteiger partial charge in [0, 0.05) is 24.3 Å². The van der Waals surface area contributed by atoms with Gasteiger partial charge >= 0.3 is 6.03 Å². The third-order valence-electron chi connectivity index (χ3n) is 2.39. The van der Waals surface area contributed by atoms with E-state index in [4.69, 9.17) is 0 Å². The maximum atomic E-state index is 11.5. The van der Waals surface area contributed by atoms with E-state index in [9.17, 15) is 9.59 Å². The third kappa shape index (κ3) is 4.97. The van der Waals surface area contributed by atoms with Crippen molar-refractivity contribution in [3.63, 3.8) is 0 Å². The molecular weight excluding hydrogens is 230 g/mol. The summed E-state index contributed by atoms with van der Waals surface area (Å²) in [4.78, 5) is 24.6. The van der Waals surface area contributed by atoms with Crippen LogP contribution in [0, 0.1) is 0 Å². The number of ketones is 1. The van der Waals surface area contributed by atoms with Gasteiger partial charge in [0.2, 0.25) is 0 Å². The van der Waals surface area contributed by atoms with E-state index in [1.807, 2.05) is 19.0 Å². The van der Waals surface area contributed by atoms with Crippen LogP contribution in [0.4, 0.5) is 10.5 Å². The van der Waals surface area contributed by atoms with Crippen molar-refractivity contribution >= 4 is 17.5 Å². The second kappa shape index (κ2) is 6.76. The molecule has 0 bridgehead atoms. The van der Waals surface area contributed by atoms with Gasteiger partial charge in [-0.1, -0.05) is 0 Å². The molecule has 1 aromatic carbocycles. The Morgan fingerprint density at radius 2 is 1.78 bits per heavy atom. The van der Waals surface area contributed by atoms with Crippen LogP contribution in [0.25, 0.3) is 0 Å². The lowest BCUT2D eigenvalue weighted by Gasteiger charge is -2.11. The number of Topliss-reactive ketones (excluding diaryl/α,β-unsaturated/α-hetero) is 1. The van der Waals surface area contributed by atoms with Crippen LogP contribution in [0.15, 0.2) is 24.3 Å². The fraction of sp³-hybridized carbons (Fsp3) is 0.385. The van der Waals surface area contributed by atoms with Gasteiger partial charge in [-0.3, -0.25) is 4.79 Å². The van der Waals surface area contributed by atoms with Crippen LogP contribution in [0.5, 0.6) is 0 Å². The molecule has 0 radical (unpaired) electrons. The van der Waals surface area contributed by atoms with Gasteiger partial charge in [0.1, 0.15) is 0 Å². The van der Waals surface area contributed by atoms with Crippen molar-refractivity contribution in [2.24, 2.45) is 0 Å². The highest BCUT2D eigenvalue weighted by Crippen LogP contribution is 2.09. The minimum absolute atomic E-state index is 0.0111. The topological polar surface area (TPSA) is 61.4 Å². The highest BCUT2D eigenvalue weighted by atomic mass is 16.2. The van der Waals surface area contributed by atoms with E-state index in [1.54, 1.807) is 24.3 Å². The van der Waals surface area contributed by atoms with Crippen molar-refractivity contribution in [1.82, 2.24) is 10.2 Å². The fourth-order valence-corrected chi connectivity index (χ4v) is 1.36. The Hall–Kier alpha value is -1.88.